The smallest absolute Gasteiger partial charge is 0.261 e. The molecule has 0 spiro atoms. The number of carbonyl (C=O) groups is 2. The molecule has 0 atom stereocenters. The number of carbonyl (C=O) groups excluding carboxylic acids is 2. The number of hydrogen-bond acceptors (Lipinski definition) is 5. The number of ether oxygens (including phenoxy) is 3. The molecule has 0 bridgehead atoms. The van der Waals surface area contributed by atoms with E-state index in [0.29, 0.717) is 17.9 Å². The van der Waals surface area contributed by atoms with Gasteiger partial charge in [-0.1, -0.05) is 31.3 Å². The second kappa shape index (κ2) is 15.6. The molecule has 0 saturated heterocycles. The van der Waals surface area contributed by atoms with Crippen LogP contribution in [0.2, 0.25) is 0 Å². The van der Waals surface area contributed by atoms with Gasteiger partial charge < -0.3 is 24.8 Å². The number of rotatable bonds is 14. The van der Waals surface area contributed by atoms with Gasteiger partial charge in [0.1, 0.15) is 11.6 Å². The van der Waals surface area contributed by atoms with Crippen LogP contribution < -0.4 is 10.6 Å². The van der Waals surface area contributed by atoms with E-state index in [0.717, 1.165) is 0 Å². The molecule has 0 fully saturated rings. The normalized spacial score (nSPS) is 11.9. The topological polar surface area (TPSA) is 85.9 Å². The molecule has 7 nitrogen and oxygen atoms in total. The second-order valence-electron chi connectivity index (χ2n) is 5.53. The maximum Gasteiger partial charge on any atom is 0.261 e. The van der Waals surface area contributed by atoms with E-state index in [1.165, 1.54) is 51.0 Å². The zero-order chi connectivity index (χ0) is 22.9. The third-order valence-corrected chi connectivity index (χ3v) is 3.48. The van der Waals surface area contributed by atoms with Crippen molar-refractivity contribution >= 4 is 23.4 Å². The fraction of sp³-hybridized carbons (Fsp3) is 0.238. The summed E-state index contributed by atoms with van der Waals surface area (Å²) in [6, 6.07) is 0. The predicted octanol–water partition coefficient (Wildman–Crippen LogP) is 3.51. The molecule has 2 amide bonds. The van der Waals surface area contributed by atoms with E-state index in [1.807, 2.05) is 0 Å². The summed E-state index contributed by atoms with van der Waals surface area (Å²) in [6.07, 6.45) is 8.31. The Morgan fingerprint density at radius 1 is 1.17 bits per heavy atom. The first kappa shape index (κ1) is 26.7. The third-order valence-electron chi connectivity index (χ3n) is 3.14. The van der Waals surface area contributed by atoms with E-state index in [-0.39, 0.29) is 29.7 Å². The van der Waals surface area contributed by atoms with Crippen LogP contribution in [0.3, 0.4) is 0 Å². The highest BCUT2D eigenvalue weighted by Crippen LogP contribution is 2.13. The average molecular weight is 441 g/mol. The SMILES string of the molecule is C=C(CCNC(=O)C(/C=C/OC)=C/C(=C)OC)NC(=O)CO/C=C/C=C(/Cl)C(=C)F. The van der Waals surface area contributed by atoms with Crippen LogP contribution in [0.5, 0.6) is 0 Å². The van der Waals surface area contributed by atoms with Gasteiger partial charge in [0.2, 0.25) is 0 Å². The van der Waals surface area contributed by atoms with Gasteiger partial charge in [0, 0.05) is 24.2 Å². The Morgan fingerprint density at radius 2 is 1.87 bits per heavy atom. The molecule has 9 heteroatoms. The molecule has 0 aromatic heterocycles. The van der Waals surface area contributed by atoms with E-state index in [2.05, 4.69) is 30.4 Å². The van der Waals surface area contributed by atoms with Crippen molar-refractivity contribution in [3.8, 4) is 0 Å². The summed E-state index contributed by atoms with van der Waals surface area (Å²) < 4.78 is 27.3. The summed E-state index contributed by atoms with van der Waals surface area (Å²) in [5.41, 5.74) is 0.674. The quantitative estimate of drug-likeness (QED) is 0.245. The first-order valence-electron chi connectivity index (χ1n) is 8.59. The van der Waals surface area contributed by atoms with E-state index in [9.17, 15) is 14.0 Å². The van der Waals surface area contributed by atoms with Crippen molar-refractivity contribution in [2.75, 3.05) is 27.4 Å². The highest BCUT2D eigenvalue weighted by Gasteiger charge is 2.08. The summed E-state index contributed by atoms with van der Waals surface area (Å²) in [6.45, 7) is 10.3. The summed E-state index contributed by atoms with van der Waals surface area (Å²) in [5.74, 6) is -1.29. The molecule has 0 unspecified atom stereocenters. The molecule has 0 aliphatic heterocycles. The molecule has 0 rings (SSSR count). The first-order chi connectivity index (χ1) is 14.2. The summed E-state index contributed by atoms with van der Waals surface area (Å²) in [7, 11) is 2.89. The molecule has 0 aromatic rings. The fourth-order valence-electron chi connectivity index (χ4n) is 1.68. The maximum absolute atomic E-state index is 12.6. The highest BCUT2D eigenvalue weighted by molar-refractivity contribution is 6.31. The van der Waals surface area contributed by atoms with E-state index in [4.69, 9.17) is 25.8 Å². The van der Waals surface area contributed by atoms with Crippen molar-refractivity contribution < 1.29 is 28.2 Å². The number of nitrogens with one attached hydrogen (secondary N) is 2. The molecule has 0 aliphatic rings. The third kappa shape index (κ3) is 13.0. The van der Waals surface area contributed by atoms with Gasteiger partial charge in [0.05, 0.1) is 31.8 Å². The van der Waals surface area contributed by atoms with Crippen LogP contribution in [0.15, 0.2) is 84.5 Å². The van der Waals surface area contributed by atoms with Crippen molar-refractivity contribution in [2.24, 2.45) is 0 Å². The minimum absolute atomic E-state index is 0.169. The number of halogens is 2. The van der Waals surface area contributed by atoms with Crippen molar-refractivity contribution in [2.45, 2.75) is 6.42 Å². The summed E-state index contributed by atoms with van der Waals surface area (Å²) in [4.78, 5) is 24.0. The fourth-order valence-corrected chi connectivity index (χ4v) is 1.75. The Bertz CT molecular complexity index is 769. The lowest BCUT2D eigenvalue weighted by atomic mass is 10.2. The monoisotopic (exact) mass is 440 g/mol. The molecule has 0 radical (unpaired) electrons. The highest BCUT2D eigenvalue weighted by atomic mass is 35.5. The van der Waals surface area contributed by atoms with E-state index < -0.39 is 11.7 Å². The Hall–Kier alpha value is -3.26. The van der Waals surface area contributed by atoms with Gasteiger partial charge in [-0.25, -0.2) is 4.39 Å². The van der Waals surface area contributed by atoms with Crippen LogP contribution in [0.1, 0.15) is 6.42 Å². The lowest BCUT2D eigenvalue weighted by Crippen LogP contribution is -2.30. The molecule has 2 N–H and O–H groups in total. The van der Waals surface area contributed by atoms with E-state index in [1.54, 1.807) is 0 Å². The zero-order valence-electron chi connectivity index (χ0n) is 17.0. The van der Waals surface area contributed by atoms with Gasteiger partial charge >= 0.3 is 0 Å². The minimum Gasteiger partial charge on any atom is -0.504 e. The lowest BCUT2D eigenvalue weighted by Gasteiger charge is -2.10. The standard InChI is InChI=1S/C21H26ClFN2O5/c1-15(25-20(26)14-30-11-6-7-19(22)17(3)23)8-10-24-21(27)18(9-12-28-4)13-16(2)29-5/h6-7,9,11-13H,1-3,8,10,14H2,4-5H3,(H,24,27)(H,25,26)/b11-6+,12-9+,18-13+,19-7+. The molecule has 0 saturated carbocycles. The van der Waals surface area contributed by atoms with Crippen molar-refractivity contribution in [1.29, 1.82) is 0 Å². The number of methoxy groups -OCH3 is 2. The number of hydrogen-bond donors (Lipinski definition) is 2. The van der Waals surface area contributed by atoms with Crippen LogP contribution in [0.25, 0.3) is 0 Å². The summed E-state index contributed by atoms with van der Waals surface area (Å²) in [5, 5.41) is 5.05. The largest absolute Gasteiger partial charge is 0.504 e. The molecular formula is C21H26ClFN2O5. The molecule has 0 aromatic carbocycles. The van der Waals surface area contributed by atoms with E-state index >= 15 is 0 Å². The molecule has 30 heavy (non-hydrogen) atoms. The van der Waals surface area contributed by atoms with Gasteiger partial charge in [-0.2, -0.15) is 0 Å². The van der Waals surface area contributed by atoms with Gasteiger partial charge in [0.15, 0.2) is 6.61 Å². The van der Waals surface area contributed by atoms with Gasteiger partial charge in [-0.15, -0.1) is 0 Å². The molecule has 0 aliphatic carbocycles. The first-order valence-corrected chi connectivity index (χ1v) is 8.97. The predicted molar refractivity (Wildman–Crippen MR) is 115 cm³/mol. The van der Waals surface area contributed by atoms with Gasteiger partial charge in [-0.3, -0.25) is 9.59 Å². The number of allylic oxidation sites excluding steroid dienone is 5. The zero-order valence-corrected chi connectivity index (χ0v) is 17.8. The van der Waals surface area contributed by atoms with Crippen LogP contribution in [0, 0.1) is 0 Å². The van der Waals surface area contributed by atoms with Gasteiger partial charge in [-0.05, 0) is 24.3 Å². The Balaban J connectivity index is 4.37. The molecule has 0 heterocycles. The Morgan fingerprint density at radius 3 is 2.47 bits per heavy atom. The second-order valence-corrected chi connectivity index (χ2v) is 5.93. The van der Waals surface area contributed by atoms with Gasteiger partial charge in [0.25, 0.3) is 11.8 Å². The van der Waals surface area contributed by atoms with Crippen molar-refractivity contribution in [3.63, 3.8) is 0 Å². The Kier molecular flexibility index (Phi) is 13.9. The summed E-state index contributed by atoms with van der Waals surface area (Å²) >= 11 is 5.51. The Labute approximate surface area is 180 Å². The van der Waals surface area contributed by atoms with Crippen LogP contribution in [-0.2, 0) is 23.8 Å². The van der Waals surface area contributed by atoms with Crippen LogP contribution >= 0.6 is 11.6 Å². The van der Waals surface area contributed by atoms with Crippen LogP contribution in [-0.4, -0.2) is 39.2 Å². The van der Waals surface area contributed by atoms with Crippen LogP contribution in [0.4, 0.5) is 4.39 Å². The van der Waals surface area contributed by atoms with Crippen molar-refractivity contribution in [1.82, 2.24) is 10.6 Å². The minimum atomic E-state index is -0.775. The molecular weight excluding hydrogens is 415 g/mol. The number of amides is 2. The van der Waals surface area contributed by atoms with Crippen molar-refractivity contribution in [3.05, 3.63) is 84.5 Å². The average Bonchev–Trinajstić information content (AvgIpc) is 2.69. The molecule has 164 valence electrons. The maximum atomic E-state index is 12.6. The lowest BCUT2D eigenvalue weighted by molar-refractivity contribution is -0.123.